The van der Waals surface area contributed by atoms with Crippen LogP contribution in [0.2, 0.25) is 0 Å². The lowest BCUT2D eigenvalue weighted by Crippen LogP contribution is -2.46. The minimum atomic E-state index is -0.489. The number of esters is 1. The number of nitro benzene ring substituents is 1. The van der Waals surface area contributed by atoms with E-state index in [0.29, 0.717) is 27.6 Å². The molecule has 1 aliphatic rings. The average Bonchev–Trinajstić information content (AvgIpc) is 2.81. The van der Waals surface area contributed by atoms with Crippen LogP contribution in [0.3, 0.4) is 0 Å². The van der Waals surface area contributed by atoms with Crippen LogP contribution in [0.25, 0.3) is 6.08 Å². The first-order valence-electron chi connectivity index (χ1n) is 10.9. The molecule has 9 nitrogen and oxygen atoms in total. The fourth-order valence-corrected chi connectivity index (χ4v) is 3.70. The molecule has 1 heterocycles. The lowest BCUT2D eigenvalue weighted by molar-refractivity contribution is -0.384. The summed E-state index contributed by atoms with van der Waals surface area (Å²) in [4.78, 5) is 37.1. The lowest BCUT2D eigenvalue weighted by atomic mass is 9.95. The van der Waals surface area contributed by atoms with E-state index in [-0.39, 0.29) is 17.7 Å². The Morgan fingerprint density at radius 1 is 1.17 bits per heavy atom. The van der Waals surface area contributed by atoms with Crippen LogP contribution < -0.4 is 10.6 Å². The highest BCUT2D eigenvalue weighted by molar-refractivity contribution is 7.80. The molecule has 0 saturated carbocycles. The SMILES string of the molecule is CC1=C(C(=O)OC(C)C)[C@H](c2ccc(NC(=O)/C=C/c3ccc([N+](=O)[O-])cc3)cc2)NC(=S)N1C. The summed E-state index contributed by atoms with van der Waals surface area (Å²) >= 11 is 5.41. The van der Waals surface area contributed by atoms with Gasteiger partial charge in [0, 0.05) is 36.6 Å². The van der Waals surface area contributed by atoms with Crippen LogP contribution >= 0.6 is 12.2 Å². The topological polar surface area (TPSA) is 114 Å². The molecule has 0 spiro atoms. The standard InChI is InChI=1S/C25H26N4O5S/c1-15(2)34-24(31)22-16(3)28(4)25(35)27-23(22)18-8-10-19(11-9-18)26-21(30)14-7-17-5-12-20(13-6-17)29(32)33/h5-15,23H,1-4H3,(H,26,30)(H,27,35)/b14-7+/t23-/m0/s1. The van der Waals surface area contributed by atoms with Crippen molar-refractivity contribution in [1.29, 1.82) is 0 Å². The largest absolute Gasteiger partial charge is 0.459 e. The zero-order valence-electron chi connectivity index (χ0n) is 19.8. The van der Waals surface area contributed by atoms with Crippen molar-refractivity contribution >= 4 is 46.7 Å². The van der Waals surface area contributed by atoms with Crippen LogP contribution in [0.5, 0.6) is 0 Å². The first-order valence-corrected chi connectivity index (χ1v) is 11.3. The second-order valence-electron chi connectivity index (χ2n) is 8.19. The van der Waals surface area contributed by atoms with E-state index in [1.807, 2.05) is 6.92 Å². The van der Waals surface area contributed by atoms with E-state index in [9.17, 15) is 19.7 Å². The van der Waals surface area contributed by atoms with E-state index in [4.69, 9.17) is 17.0 Å². The summed E-state index contributed by atoms with van der Waals surface area (Å²) in [5.74, 6) is -0.773. The van der Waals surface area contributed by atoms with Crippen LogP contribution in [-0.4, -0.2) is 40.0 Å². The molecule has 1 aliphatic heterocycles. The Morgan fingerprint density at radius 3 is 2.37 bits per heavy atom. The van der Waals surface area contributed by atoms with Gasteiger partial charge in [0.2, 0.25) is 5.91 Å². The van der Waals surface area contributed by atoms with Crippen molar-refractivity contribution in [2.45, 2.75) is 32.9 Å². The molecule has 0 bridgehead atoms. The number of allylic oxidation sites excluding steroid dienone is 1. The van der Waals surface area contributed by atoms with Gasteiger partial charge in [-0.1, -0.05) is 12.1 Å². The Labute approximate surface area is 208 Å². The molecule has 0 fully saturated rings. The normalized spacial score (nSPS) is 15.9. The number of thiocarbonyl (C=S) groups is 1. The highest BCUT2D eigenvalue weighted by Crippen LogP contribution is 2.31. The van der Waals surface area contributed by atoms with Gasteiger partial charge >= 0.3 is 5.97 Å². The summed E-state index contributed by atoms with van der Waals surface area (Å²) in [7, 11) is 1.78. The number of anilines is 1. The van der Waals surface area contributed by atoms with Crippen molar-refractivity contribution in [3.05, 3.63) is 87.1 Å². The number of nitrogens with one attached hydrogen (secondary N) is 2. The zero-order valence-corrected chi connectivity index (χ0v) is 20.6. The molecule has 2 aromatic carbocycles. The van der Waals surface area contributed by atoms with Crippen molar-refractivity contribution in [2.24, 2.45) is 0 Å². The monoisotopic (exact) mass is 494 g/mol. The molecule has 2 aromatic rings. The van der Waals surface area contributed by atoms with Crippen LogP contribution in [0.1, 0.15) is 37.9 Å². The highest BCUT2D eigenvalue weighted by atomic mass is 32.1. The molecule has 0 unspecified atom stereocenters. The summed E-state index contributed by atoms with van der Waals surface area (Å²) in [5, 5.41) is 17.2. The maximum Gasteiger partial charge on any atom is 0.338 e. The molecular formula is C25H26N4O5S. The number of amides is 1. The van der Waals surface area contributed by atoms with E-state index in [0.717, 1.165) is 5.56 Å². The van der Waals surface area contributed by atoms with E-state index in [1.165, 1.54) is 18.2 Å². The number of carbonyl (C=O) groups excluding carboxylic acids is 2. The molecule has 0 aliphatic carbocycles. The molecule has 1 amide bonds. The molecule has 10 heteroatoms. The smallest absolute Gasteiger partial charge is 0.338 e. The quantitative estimate of drug-likeness (QED) is 0.192. The van der Waals surface area contributed by atoms with E-state index >= 15 is 0 Å². The van der Waals surface area contributed by atoms with Crippen LogP contribution in [0.15, 0.2) is 65.9 Å². The third kappa shape index (κ3) is 6.30. The third-order valence-electron chi connectivity index (χ3n) is 5.36. The van der Waals surface area contributed by atoms with Crippen LogP contribution in [-0.2, 0) is 14.3 Å². The molecule has 1 atom stereocenters. The first kappa shape index (κ1) is 25.6. The van der Waals surface area contributed by atoms with Gasteiger partial charge in [0.15, 0.2) is 5.11 Å². The molecule has 2 N–H and O–H groups in total. The van der Waals surface area contributed by atoms with Gasteiger partial charge in [0.05, 0.1) is 22.6 Å². The van der Waals surface area contributed by atoms with Gasteiger partial charge in [0.25, 0.3) is 5.69 Å². The molecule has 35 heavy (non-hydrogen) atoms. The van der Waals surface area contributed by atoms with Gasteiger partial charge in [0.1, 0.15) is 0 Å². The summed E-state index contributed by atoms with van der Waals surface area (Å²) in [6.45, 7) is 5.41. The number of benzene rings is 2. The van der Waals surface area contributed by atoms with Crippen molar-refractivity contribution in [2.75, 3.05) is 12.4 Å². The van der Waals surface area contributed by atoms with Crippen molar-refractivity contribution < 1.29 is 19.2 Å². The summed E-state index contributed by atoms with van der Waals surface area (Å²) in [6, 6.07) is 12.5. The third-order valence-corrected chi connectivity index (χ3v) is 5.75. The molecular weight excluding hydrogens is 468 g/mol. The minimum absolute atomic E-state index is 0.0165. The van der Waals surface area contributed by atoms with E-state index in [1.54, 1.807) is 68.3 Å². The average molecular weight is 495 g/mol. The summed E-state index contributed by atoms with van der Waals surface area (Å²) in [5.41, 5.74) is 3.17. The number of ether oxygens (including phenoxy) is 1. The molecule has 3 rings (SSSR count). The van der Waals surface area contributed by atoms with Crippen LogP contribution in [0.4, 0.5) is 11.4 Å². The molecule has 182 valence electrons. The number of nitrogens with zero attached hydrogens (tertiary/aromatic N) is 2. The predicted molar refractivity (Wildman–Crippen MR) is 137 cm³/mol. The van der Waals surface area contributed by atoms with Gasteiger partial charge in [-0.05, 0) is 74.5 Å². The van der Waals surface area contributed by atoms with Crippen molar-refractivity contribution in [3.8, 4) is 0 Å². The molecule has 0 saturated heterocycles. The second-order valence-corrected chi connectivity index (χ2v) is 8.57. The Balaban J connectivity index is 1.73. The molecule has 0 radical (unpaired) electrons. The number of carbonyl (C=O) groups is 2. The van der Waals surface area contributed by atoms with Gasteiger partial charge in [-0.15, -0.1) is 0 Å². The van der Waals surface area contributed by atoms with E-state index < -0.39 is 16.9 Å². The zero-order chi connectivity index (χ0) is 25.7. The number of hydrogen-bond donors (Lipinski definition) is 2. The maximum absolute atomic E-state index is 12.8. The van der Waals surface area contributed by atoms with E-state index in [2.05, 4.69) is 10.6 Å². The number of nitro groups is 1. The Hall–Kier alpha value is -4.05. The van der Waals surface area contributed by atoms with Gasteiger partial charge in [-0.3, -0.25) is 14.9 Å². The summed E-state index contributed by atoms with van der Waals surface area (Å²) < 4.78 is 5.45. The maximum atomic E-state index is 12.8. The molecule has 0 aromatic heterocycles. The van der Waals surface area contributed by atoms with Crippen molar-refractivity contribution in [3.63, 3.8) is 0 Å². The Bertz CT molecular complexity index is 1200. The fraction of sp³-hybridized carbons (Fsp3) is 0.240. The lowest BCUT2D eigenvalue weighted by Gasteiger charge is -2.35. The van der Waals surface area contributed by atoms with Gasteiger partial charge in [-0.2, -0.15) is 0 Å². The number of non-ortho nitro benzene ring substituents is 1. The van der Waals surface area contributed by atoms with Crippen molar-refractivity contribution in [1.82, 2.24) is 10.2 Å². The first-order chi connectivity index (χ1) is 16.6. The van der Waals surface area contributed by atoms with Gasteiger partial charge in [-0.25, -0.2) is 4.79 Å². The fourth-order valence-electron chi connectivity index (χ4n) is 3.45. The van der Waals surface area contributed by atoms with Crippen LogP contribution in [0, 0.1) is 10.1 Å². The number of rotatable bonds is 7. The second kappa shape index (κ2) is 10.9. The Morgan fingerprint density at radius 2 is 1.80 bits per heavy atom. The van der Waals surface area contributed by atoms with Gasteiger partial charge < -0.3 is 20.3 Å². The Kier molecular flexibility index (Phi) is 7.98. The number of hydrogen-bond acceptors (Lipinski definition) is 6. The highest BCUT2D eigenvalue weighted by Gasteiger charge is 2.33. The minimum Gasteiger partial charge on any atom is -0.459 e. The predicted octanol–water partition coefficient (Wildman–Crippen LogP) is 4.33. The summed E-state index contributed by atoms with van der Waals surface area (Å²) in [6.07, 6.45) is 2.65.